The first-order valence-corrected chi connectivity index (χ1v) is 10.2. The number of carbonyl (C=O) groups is 4. The highest BCUT2D eigenvalue weighted by Gasteiger charge is 2.63. The number of esters is 1. The number of methoxy groups -OCH3 is 1. The van der Waals surface area contributed by atoms with E-state index in [2.05, 4.69) is 0 Å². The summed E-state index contributed by atoms with van der Waals surface area (Å²) in [6, 6.07) is 3.80. The minimum atomic E-state index is -2.46. The lowest BCUT2D eigenvalue weighted by atomic mass is 9.71. The predicted octanol–water partition coefficient (Wildman–Crippen LogP) is -0.0426. The fourth-order valence-electron chi connectivity index (χ4n) is 4.81. The normalized spacial score (nSPS) is 33.5. The molecule has 4 rings (SSSR count). The summed E-state index contributed by atoms with van der Waals surface area (Å²) in [5, 5.41) is 41.7. The molecular formula is C22H22O11. The van der Waals surface area contributed by atoms with Crippen LogP contribution in [0.15, 0.2) is 29.3 Å². The highest BCUT2D eigenvalue weighted by molar-refractivity contribution is 6.29. The van der Waals surface area contributed by atoms with Gasteiger partial charge in [0.05, 0.1) is 36.7 Å². The van der Waals surface area contributed by atoms with Crippen LogP contribution in [0.4, 0.5) is 0 Å². The number of Topliss-reactive ketones (excluding diaryl/α,β-unsaturated/α-hetero) is 2. The number of fused-ring (bicyclic) bond motifs is 2. The molecule has 33 heavy (non-hydrogen) atoms. The molecule has 1 aromatic rings. The number of carboxylic acids is 1. The van der Waals surface area contributed by atoms with E-state index < -0.39 is 82.9 Å². The molecule has 11 heteroatoms. The van der Waals surface area contributed by atoms with Gasteiger partial charge in [0.15, 0.2) is 11.6 Å². The molecule has 6 unspecified atom stereocenters. The van der Waals surface area contributed by atoms with Crippen molar-refractivity contribution in [1.29, 1.82) is 0 Å². The maximum absolute atomic E-state index is 13.6. The van der Waals surface area contributed by atoms with Crippen LogP contribution in [0.5, 0.6) is 5.75 Å². The number of benzene rings is 1. The van der Waals surface area contributed by atoms with Gasteiger partial charge in [-0.1, -0.05) is 12.1 Å². The van der Waals surface area contributed by atoms with Gasteiger partial charge in [-0.25, -0.2) is 0 Å². The van der Waals surface area contributed by atoms with Crippen molar-refractivity contribution >= 4 is 23.5 Å². The maximum Gasteiger partial charge on any atom is 0.311 e. The van der Waals surface area contributed by atoms with Crippen molar-refractivity contribution in [3.05, 3.63) is 40.5 Å². The summed E-state index contributed by atoms with van der Waals surface area (Å²) >= 11 is 0. The van der Waals surface area contributed by atoms with Gasteiger partial charge in [-0.05, 0) is 19.4 Å². The summed E-state index contributed by atoms with van der Waals surface area (Å²) in [4.78, 5) is 50.8. The second kappa shape index (κ2) is 8.03. The van der Waals surface area contributed by atoms with Crippen molar-refractivity contribution in [2.24, 2.45) is 5.92 Å². The number of hydrogen-bond acceptors (Lipinski definition) is 10. The van der Waals surface area contributed by atoms with Crippen molar-refractivity contribution in [1.82, 2.24) is 0 Å². The number of aliphatic hydroxyl groups is 2. The number of carboxylic acid groups (broad SMARTS) is 1. The molecule has 11 nitrogen and oxygen atoms in total. The van der Waals surface area contributed by atoms with E-state index >= 15 is 0 Å². The van der Waals surface area contributed by atoms with Crippen LogP contribution in [-0.4, -0.2) is 81.2 Å². The molecule has 176 valence electrons. The Balaban J connectivity index is 1.99. The van der Waals surface area contributed by atoms with Crippen molar-refractivity contribution in [3.8, 4) is 5.75 Å². The highest BCUT2D eigenvalue weighted by atomic mass is 16.7. The SMILES string of the molecule is COC(=O)C1CC(C)OC2(OC(CC(=O)O)C(O)C3=C2C(=O)c2c(O)cccc2C3=O)C1O. The van der Waals surface area contributed by atoms with Crippen molar-refractivity contribution in [2.75, 3.05) is 7.11 Å². The summed E-state index contributed by atoms with van der Waals surface area (Å²) in [7, 11) is 1.11. The van der Waals surface area contributed by atoms with Crippen molar-refractivity contribution in [2.45, 2.75) is 50.0 Å². The fraction of sp³-hybridized carbons (Fsp3) is 0.455. The first-order chi connectivity index (χ1) is 15.5. The van der Waals surface area contributed by atoms with Gasteiger partial charge in [0.1, 0.15) is 24.1 Å². The van der Waals surface area contributed by atoms with Gasteiger partial charge in [-0.15, -0.1) is 0 Å². The van der Waals surface area contributed by atoms with Crippen LogP contribution in [0, 0.1) is 5.92 Å². The molecule has 2 heterocycles. The van der Waals surface area contributed by atoms with Crippen LogP contribution in [0.3, 0.4) is 0 Å². The molecule has 0 saturated carbocycles. The molecule has 6 atom stereocenters. The van der Waals surface area contributed by atoms with Gasteiger partial charge in [-0.2, -0.15) is 0 Å². The Hall–Kier alpha value is -3.12. The summed E-state index contributed by atoms with van der Waals surface area (Å²) in [6.45, 7) is 1.53. The monoisotopic (exact) mass is 462 g/mol. The van der Waals surface area contributed by atoms with E-state index in [1.807, 2.05) is 0 Å². The minimum Gasteiger partial charge on any atom is -0.507 e. The number of carbonyl (C=O) groups excluding carboxylic acids is 3. The fourth-order valence-corrected chi connectivity index (χ4v) is 4.81. The van der Waals surface area contributed by atoms with Gasteiger partial charge in [-0.3, -0.25) is 19.2 Å². The summed E-state index contributed by atoms with van der Waals surface area (Å²) in [5.74, 6) is -8.25. The van der Waals surface area contributed by atoms with Crippen LogP contribution in [-0.2, 0) is 23.8 Å². The number of hydrogen-bond donors (Lipinski definition) is 4. The van der Waals surface area contributed by atoms with Crippen LogP contribution in [0.1, 0.15) is 40.5 Å². The van der Waals surface area contributed by atoms with Gasteiger partial charge in [0, 0.05) is 11.1 Å². The van der Waals surface area contributed by atoms with Gasteiger partial charge >= 0.3 is 11.9 Å². The molecule has 0 bridgehead atoms. The Morgan fingerprint density at radius 3 is 2.52 bits per heavy atom. The van der Waals surface area contributed by atoms with E-state index in [9.17, 15) is 39.6 Å². The molecule has 0 radical (unpaired) electrons. The Morgan fingerprint density at radius 1 is 1.18 bits per heavy atom. The van der Waals surface area contributed by atoms with Crippen LogP contribution in [0.25, 0.3) is 0 Å². The summed E-state index contributed by atoms with van der Waals surface area (Å²) < 4.78 is 16.4. The van der Waals surface area contributed by atoms with Gasteiger partial charge in [0.2, 0.25) is 5.79 Å². The first kappa shape index (κ1) is 23.1. The maximum atomic E-state index is 13.6. The highest BCUT2D eigenvalue weighted by Crippen LogP contribution is 2.50. The van der Waals surface area contributed by atoms with Crippen LogP contribution in [0.2, 0.25) is 0 Å². The topological polar surface area (TPSA) is 177 Å². The molecule has 1 fully saturated rings. The van der Waals surface area contributed by atoms with E-state index in [0.29, 0.717) is 0 Å². The largest absolute Gasteiger partial charge is 0.507 e. The Kier molecular flexibility index (Phi) is 5.61. The third-order valence-corrected chi connectivity index (χ3v) is 6.19. The molecule has 1 aliphatic carbocycles. The summed E-state index contributed by atoms with van der Waals surface area (Å²) in [5.41, 5.74) is -1.67. The minimum absolute atomic E-state index is 0.0162. The zero-order chi connectivity index (χ0) is 24.2. The van der Waals surface area contributed by atoms with Crippen LogP contribution >= 0.6 is 0 Å². The average molecular weight is 462 g/mol. The molecule has 2 aliphatic heterocycles. The molecule has 1 spiro atoms. The molecule has 1 aromatic carbocycles. The number of ether oxygens (including phenoxy) is 3. The lowest BCUT2D eigenvalue weighted by Gasteiger charge is -2.52. The molecule has 0 aromatic heterocycles. The van der Waals surface area contributed by atoms with E-state index in [0.717, 1.165) is 7.11 Å². The zero-order valence-corrected chi connectivity index (χ0v) is 17.7. The molecule has 4 N–H and O–H groups in total. The van der Waals surface area contributed by atoms with E-state index in [-0.39, 0.29) is 17.5 Å². The smallest absolute Gasteiger partial charge is 0.311 e. The molecule has 3 aliphatic rings. The number of aliphatic hydroxyl groups excluding tert-OH is 2. The van der Waals surface area contributed by atoms with E-state index in [4.69, 9.17) is 14.2 Å². The number of phenolic OH excluding ortho intramolecular Hbond substituents is 1. The molecule has 0 amide bonds. The van der Waals surface area contributed by atoms with Crippen LogP contribution < -0.4 is 0 Å². The number of phenols is 1. The van der Waals surface area contributed by atoms with Gasteiger partial charge in [0.25, 0.3) is 0 Å². The number of aliphatic carboxylic acids is 1. The van der Waals surface area contributed by atoms with Crippen molar-refractivity contribution < 1.29 is 53.8 Å². The first-order valence-electron chi connectivity index (χ1n) is 10.2. The number of rotatable bonds is 3. The Labute approximate surface area is 187 Å². The molecular weight excluding hydrogens is 440 g/mol. The Bertz CT molecular complexity index is 1090. The van der Waals surface area contributed by atoms with E-state index in [1.54, 1.807) is 0 Å². The standard InChI is InChI=1S/C22H22O11/c1-8-6-10(21(30)31-2)20(29)22(32-8)16-15(18(27)12(33-22)7-13(24)25)17(26)9-4-3-5-11(23)14(9)19(16)28/h3-5,8,10,12,18,20,23,27,29H,6-7H2,1-2H3,(H,24,25). The second-order valence-electron chi connectivity index (χ2n) is 8.25. The van der Waals surface area contributed by atoms with E-state index in [1.165, 1.54) is 25.1 Å². The number of ketones is 2. The third kappa shape index (κ3) is 3.35. The third-order valence-electron chi connectivity index (χ3n) is 6.19. The zero-order valence-electron chi connectivity index (χ0n) is 17.7. The second-order valence-corrected chi connectivity index (χ2v) is 8.25. The van der Waals surface area contributed by atoms with Gasteiger partial charge < -0.3 is 34.6 Å². The Morgan fingerprint density at radius 2 is 1.88 bits per heavy atom. The predicted molar refractivity (Wildman–Crippen MR) is 106 cm³/mol. The lowest BCUT2D eigenvalue weighted by molar-refractivity contribution is -0.333. The number of aromatic hydroxyl groups is 1. The summed E-state index contributed by atoms with van der Waals surface area (Å²) in [6.07, 6.45) is -6.94. The van der Waals surface area contributed by atoms with Crippen molar-refractivity contribution in [3.63, 3.8) is 0 Å². The molecule has 1 saturated heterocycles. The average Bonchev–Trinajstić information content (AvgIpc) is 2.75. The lowest BCUT2D eigenvalue weighted by Crippen LogP contribution is -2.66. The quantitative estimate of drug-likeness (QED) is 0.443.